The van der Waals surface area contributed by atoms with Crippen molar-refractivity contribution in [1.82, 2.24) is 15.0 Å². The first-order valence-corrected chi connectivity index (χ1v) is 9.88. The molecular formula is C18H24N6O2S. The van der Waals surface area contributed by atoms with Crippen LogP contribution in [-0.4, -0.2) is 45.9 Å². The van der Waals surface area contributed by atoms with Crippen LogP contribution in [0.15, 0.2) is 28.4 Å². The minimum Gasteiger partial charge on any atom is -0.503 e. The number of pyridine rings is 1. The Morgan fingerprint density at radius 3 is 2.70 bits per heavy atom. The molecule has 1 atom stereocenters. The third kappa shape index (κ3) is 3.61. The summed E-state index contributed by atoms with van der Waals surface area (Å²) in [4.78, 5) is 15.6. The van der Waals surface area contributed by atoms with Gasteiger partial charge in [-0.25, -0.2) is 15.0 Å². The number of ether oxygens (including phenoxy) is 1. The van der Waals surface area contributed by atoms with Gasteiger partial charge in [-0.2, -0.15) is 0 Å². The van der Waals surface area contributed by atoms with Crippen LogP contribution in [0.5, 0.6) is 5.75 Å². The van der Waals surface area contributed by atoms with E-state index in [0.717, 1.165) is 44.8 Å². The summed E-state index contributed by atoms with van der Waals surface area (Å²) in [5.41, 5.74) is 12.1. The van der Waals surface area contributed by atoms with Crippen LogP contribution in [0.3, 0.4) is 0 Å². The molecule has 5 N–H and O–H groups in total. The van der Waals surface area contributed by atoms with E-state index in [1.807, 2.05) is 0 Å². The van der Waals surface area contributed by atoms with Crippen LogP contribution in [0.25, 0.3) is 0 Å². The maximum absolute atomic E-state index is 10.0. The molecule has 4 heterocycles. The zero-order valence-electron chi connectivity index (χ0n) is 15.3. The summed E-state index contributed by atoms with van der Waals surface area (Å²) in [5.74, 6) is 1.14. The van der Waals surface area contributed by atoms with Gasteiger partial charge in [0.25, 0.3) is 0 Å². The van der Waals surface area contributed by atoms with E-state index in [9.17, 15) is 5.11 Å². The lowest BCUT2D eigenvalue weighted by molar-refractivity contribution is 0.0976. The number of aromatic hydroxyl groups is 1. The summed E-state index contributed by atoms with van der Waals surface area (Å²) >= 11 is 1.22. The van der Waals surface area contributed by atoms with Crippen LogP contribution in [0.1, 0.15) is 26.2 Å². The van der Waals surface area contributed by atoms with E-state index < -0.39 is 0 Å². The van der Waals surface area contributed by atoms with Crippen molar-refractivity contribution < 1.29 is 9.84 Å². The lowest BCUT2D eigenvalue weighted by Gasteiger charge is -2.38. The summed E-state index contributed by atoms with van der Waals surface area (Å²) in [6.07, 6.45) is 6.97. The van der Waals surface area contributed by atoms with Crippen molar-refractivity contribution in [3.63, 3.8) is 0 Å². The summed E-state index contributed by atoms with van der Waals surface area (Å²) in [5, 5.41) is 10.5. The number of rotatable bonds is 3. The highest BCUT2D eigenvalue weighted by Gasteiger charge is 2.41. The van der Waals surface area contributed by atoms with Gasteiger partial charge in [-0.15, -0.1) is 0 Å². The quantitative estimate of drug-likeness (QED) is 0.726. The van der Waals surface area contributed by atoms with Crippen LogP contribution >= 0.6 is 11.8 Å². The molecule has 2 aromatic heterocycles. The largest absolute Gasteiger partial charge is 0.503 e. The molecule has 2 aliphatic rings. The van der Waals surface area contributed by atoms with Crippen molar-refractivity contribution in [3.05, 3.63) is 18.5 Å². The average Bonchev–Trinajstić information content (AvgIpc) is 3.01. The first kappa shape index (κ1) is 18.1. The molecule has 0 aliphatic carbocycles. The molecule has 2 saturated heterocycles. The molecule has 0 radical (unpaired) electrons. The third-order valence-corrected chi connectivity index (χ3v) is 6.47. The van der Waals surface area contributed by atoms with E-state index in [1.165, 1.54) is 18.0 Å². The second-order valence-corrected chi connectivity index (χ2v) is 8.41. The van der Waals surface area contributed by atoms with E-state index in [0.29, 0.717) is 27.3 Å². The van der Waals surface area contributed by atoms with Crippen molar-refractivity contribution >= 4 is 29.2 Å². The molecular weight excluding hydrogens is 364 g/mol. The molecule has 144 valence electrons. The molecule has 0 unspecified atom stereocenters. The first-order valence-electron chi connectivity index (χ1n) is 9.06. The molecule has 0 amide bonds. The molecule has 2 aliphatic heterocycles. The van der Waals surface area contributed by atoms with Gasteiger partial charge in [0.2, 0.25) is 0 Å². The molecule has 27 heavy (non-hydrogen) atoms. The Morgan fingerprint density at radius 1 is 1.26 bits per heavy atom. The maximum atomic E-state index is 10.0. The Kier molecular flexibility index (Phi) is 4.73. The van der Waals surface area contributed by atoms with Crippen molar-refractivity contribution in [2.24, 2.45) is 5.41 Å². The van der Waals surface area contributed by atoms with Crippen molar-refractivity contribution in [2.75, 3.05) is 36.1 Å². The minimum absolute atomic E-state index is 0.0675. The minimum atomic E-state index is -0.0675. The lowest BCUT2D eigenvalue weighted by Crippen LogP contribution is -2.41. The molecule has 1 spiro atoms. The van der Waals surface area contributed by atoms with E-state index in [1.54, 1.807) is 12.3 Å². The Morgan fingerprint density at radius 2 is 2.04 bits per heavy atom. The zero-order valence-corrected chi connectivity index (χ0v) is 16.1. The van der Waals surface area contributed by atoms with Crippen molar-refractivity contribution in [1.29, 1.82) is 0 Å². The molecule has 0 saturated carbocycles. The monoisotopic (exact) mass is 388 g/mol. The number of nitrogen functional groups attached to an aromatic ring is 2. The highest BCUT2D eigenvalue weighted by atomic mass is 32.2. The molecule has 4 rings (SSSR count). The predicted octanol–water partition coefficient (Wildman–Crippen LogP) is 2.29. The fourth-order valence-corrected chi connectivity index (χ4v) is 4.65. The smallest absolute Gasteiger partial charge is 0.172 e. The Balaban J connectivity index is 1.45. The van der Waals surface area contributed by atoms with Gasteiger partial charge >= 0.3 is 0 Å². The highest BCUT2D eigenvalue weighted by molar-refractivity contribution is 7.99. The molecule has 0 aromatic carbocycles. The van der Waals surface area contributed by atoms with Gasteiger partial charge in [0.05, 0.1) is 23.8 Å². The second-order valence-electron chi connectivity index (χ2n) is 7.38. The summed E-state index contributed by atoms with van der Waals surface area (Å²) in [7, 11) is 0. The zero-order chi connectivity index (χ0) is 19.0. The number of hydrogen-bond acceptors (Lipinski definition) is 9. The summed E-state index contributed by atoms with van der Waals surface area (Å²) < 4.78 is 5.79. The van der Waals surface area contributed by atoms with Gasteiger partial charge in [-0.1, -0.05) is 11.8 Å². The van der Waals surface area contributed by atoms with Crippen molar-refractivity contribution in [3.8, 4) is 5.75 Å². The molecule has 9 heteroatoms. The van der Waals surface area contributed by atoms with Gasteiger partial charge in [0, 0.05) is 19.3 Å². The molecule has 2 aromatic rings. The van der Waals surface area contributed by atoms with E-state index in [-0.39, 0.29) is 11.6 Å². The van der Waals surface area contributed by atoms with Gasteiger partial charge < -0.3 is 26.2 Å². The fraction of sp³-hybridized carbons (Fsp3) is 0.500. The fourth-order valence-electron chi connectivity index (χ4n) is 3.86. The normalized spacial score (nSPS) is 21.7. The molecule has 8 nitrogen and oxygen atoms in total. The highest BCUT2D eigenvalue weighted by Crippen LogP contribution is 2.43. The number of aromatic nitrogens is 3. The van der Waals surface area contributed by atoms with E-state index >= 15 is 0 Å². The number of nitrogens with two attached hydrogens (primary N) is 2. The standard InChI is InChI=1S/C18H24N6O2S/c1-11-8-18(10-26-11)3-6-24(7-4-18)13-9-22-17(16(20)23-13)27-12-2-5-21-15(19)14(12)25/h2,5,9,11,25H,3-4,6-8,10H2,1H3,(H2,19,21)(H2,20,23)/t11-/m0/s1. The lowest BCUT2D eigenvalue weighted by atomic mass is 9.77. The van der Waals surface area contributed by atoms with E-state index in [2.05, 4.69) is 26.8 Å². The van der Waals surface area contributed by atoms with Crippen LogP contribution < -0.4 is 16.4 Å². The third-order valence-electron chi connectivity index (χ3n) is 5.42. The summed E-state index contributed by atoms with van der Waals surface area (Å²) in [6, 6.07) is 1.67. The SMILES string of the molecule is C[C@H]1CC2(CCN(c3cnc(Sc4ccnc(N)c4O)c(N)n3)CC2)CO1. The topological polar surface area (TPSA) is 123 Å². The van der Waals surface area contributed by atoms with Crippen LogP contribution in [0.4, 0.5) is 17.5 Å². The van der Waals surface area contributed by atoms with Crippen LogP contribution in [-0.2, 0) is 4.74 Å². The Labute approximate surface area is 162 Å². The van der Waals surface area contributed by atoms with E-state index in [4.69, 9.17) is 16.2 Å². The summed E-state index contributed by atoms with van der Waals surface area (Å²) in [6.45, 7) is 4.87. The number of piperidine rings is 1. The van der Waals surface area contributed by atoms with Gasteiger partial charge in [0.15, 0.2) is 17.4 Å². The van der Waals surface area contributed by atoms with Crippen molar-refractivity contribution in [2.45, 2.75) is 42.2 Å². The predicted molar refractivity (Wildman–Crippen MR) is 105 cm³/mol. The maximum Gasteiger partial charge on any atom is 0.172 e. The van der Waals surface area contributed by atoms with Gasteiger partial charge in [-0.3, -0.25) is 0 Å². The number of hydrogen-bond donors (Lipinski definition) is 3. The first-order chi connectivity index (χ1) is 13.0. The van der Waals surface area contributed by atoms with Gasteiger partial charge in [0.1, 0.15) is 10.8 Å². The molecule has 0 bridgehead atoms. The number of anilines is 3. The number of nitrogens with zero attached hydrogens (tertiary/aromatic N) is 4. The average molecular weight is 388 g/mol. The Bertz CT molecular complexity index is 841. The molecule has 2 fully saturated rings. The Hall–Kier alpha value is -2.26. The van der Waals surface area contributed by atoms with Gasteiger partial charge in [-0.05, 0) is 37.7 Å². The van der Waals surface area contributed by atoms with Crippen LogP contribution in [0, 0.1) is 5.41 Å². The van der Waals surface area contributed by atoms with Crippen LogP contribution in [0.2, 0.25) is 0 Å². The second kappa shape index (κ2) is 7.05.